The quantitative estimate of drug-likeness (QED) is 0.211. The Morgan fingerprint density at radius 3 is 2.00 bits per heavy atom. The zero-order valence-electron chi connectivity index (χ0n) is 30.7. The maximum Gasteiger partial charge on any atom is 0.306 e. The first kappa shape index (κ1) is 37.7. The predicted molar refractivity (Wildman–Crippen MR) is 203 cm³/mol. The molecule has 0 atom stereocenters. The molecule has 4 heterocycles. The van der Waals surface area contributed by atoms with Crippen LogP contribution in [-0.2, 0) is 44.8 Å². The summed E-state index contributed by atoms with van der Waals surface area (Å²) in [6.07, 6.45) is 6.88. The van der Waals surface area contributed by atoms with Crippen LogP contribution in [0, 0.1) is 17.2 Å². The molecule has 1 saturated carbocycles. The van der Waals surface area contributed by atoms with E-state index in [-0.39, 0.29) is 22.4 Å². The number of aromatic nitrogens is 4. The van der Waals surface area contributed by atoms with Gasteiger partial charge in [0, 0.05) is 75.6 Å². The Balaban J connectivity index is 0.000000468. The maximum absolute atomic E-state index is 13.4. The zero-order valence-corrected chi connectivity index (χ0v) is 31.5. The number of carboxylic acids is 1. The monoisotopic (exact) mass is 739 g/mol. The summed E-state index contributed by atoms with van der Waals surface area (Å²) >= 11 is 6.86. The number of rotatable bonds is 7. The highest BCUT2D eigenvalue weighted by Crippen LogP contribution is 2.38. The lowest BCUT2D eigenvalue weighted by molar-refractivity contribution is -0.142. The first-order valence-electron chi connectivity index (χ1n) is 18.2. The number of aliphatic carboxylic acids is 1. The summed E-state index contributed by atoms with van der Waals surface area (Å²) in [4.78, 5) is 50.8. The van der Waals surface area contributed by atoms with Gasteiger partial charge in [-0.1, -0.05) is 62.1 Å². The molecule has 2 amide bonds. The minimum absolute atomic E-state index is 0.0289. The molecule has 13 nitrogen and oxygen atoms in total. The predicted octanol–water partition coefficient (Wildman–Crippen LogP) is 5.87. The Bertz CT molecular complexity index is 2070. The van der Waals surface area contributed by atoms with Crippen LogP contribution in [0.3, 0.4) is 0 Å². The number of fused-ring (bicyclic) bond motifs is 2. The van der Waals surface area contributed by atoms with Gasteiger partial charge in [-0.25, -0.2) is 9.97 Å². The standard InChI is InChI=1S/C32H34ClN9O2.C7H12O2/c1-5-42-15-13-27-25(18-42)36-29(41(27)4)31(43)37-22-10-6-8-19(21(22)16-34)20-9-7-11-23(28(20)33)38-32(44)30-35-24-17-39(2)14-12-26(24)40(30)3;8-7(9)6-4-2-1-3-5-6/h6-11H,5,12-15,17-18H2,1-4H3,(H,37,43)(H,38,44);6H,1-5H2,(H,8,9). The SMILES string of the molecule is CCN1CCc2c(nc(C(=O)Nc3cccc(-c4cccc(NC(=O)c5nc6c(n5C)CCN(C)C6)c4Cl)c3C#N)n2C)C1.O=C(O)C1CCCCC1. The van der Waals surface area contributed by atoms with E-state index in [1.807, 2.05) is 30.3 Å². The summed E-state index contributed by atoms with van der Waals surface area (Å²) in [5, 5.41) is 24.8. The molecule has 0 spiro atoms. The largest absolute Gasteiger partial charge is 0.481 e. The molecule has 4 aromatic rings. The Hall–Kier alpha value is -5.03. The van der Waals surface area contributed by atoms with E-state index in [0.717, 1.165) is 80.9 Å². The fourth-order valence-electron chi connectivity index (χ4n) is 7.46. The summed E-state index contributed by atoms with van der Waals surface area (Å²) in [6, 6.07) is 12.7. The van der Waals surface area contributed by atoms with Crippen LogP contribution in [0.2, 0.25) is 5.02 Å². The van der Waals surface area contributed by atoms with Gasteiger partial charge in [-0.05, 0) is 38.6 Å². The highest BCUT2D eigenvalue weighted by Gasteiger charge is 2.27. The summed E-state index contributed by atoms with van der Waals surface area (Å²) in [5.41, 5.74) is 5.98. The number of carboxylic acid groups (broad SMARTS) is 1. The second-order valence-corrected chi connectivity index (χ2v) is 14.3. The molecule has 53 heavy (non-hydrogen) atoms. The number of halogens is 1. The number of nitriles is 1. The molecule has 2 aliphatic heterocycles. The topological polar surface area (TPSA) is 161 Å². The lowest BCUT2D eigenvalue weighted by Crippen LogP contribution is -2.30. The highest BCUT2D eigenvalue weighted by molar-refractivity contribution is 6.36. The number of nitrogens with zero attached hydrogens (tertiary/aromatic N) is 7. The Morgan fingerprint density at radius 1 is 0.849 bits per heavy atom. The fraction of sp³-hybridized carbons (Fsp3) is 0.436. The van der Waals surface area contributed by atoms with E-state index in [0.29, 0.717) is 47.2 Å². The summed E-state index contributed by atoms with van der Waals surface area (Å²) in [6.45, 7) is 6.26. The molecule has 0 bridgehead atoms. The van der Waals surface area contributed by atoms with Crippen molar-refractivity contribution in [1.82, 2.24) is 28.9 Å². The Kier molecular flexibility index (Phi) is 11.6. The third-order valence-corrected chi connectivity index (χ3v) is 11.0. The van der Waals surface area contributed by atoms with Crippen molar-refractivity contribution in [1.29, 1.82) is 5.26 Å². The van der Waals surface area contributed by atoms with E-state index in [4.69, 9.17) is 16.7 Å². The Morgan fingerprint density at radius 2 is 1.42 bits per heavy atom. The minimum atomic E-state index is -0.602. The molecule has 1 fully saturated rings. The van der Waals surface area contributed by atoms with Gasteiger partial charge in [0.15, 0.2) is 11.6 Å². The number of nitrogens with one attached hydrogen (secondary N) is 2. The minimum Gasteiger partial charge on any atom is -0.481 e. The van der Waals surface area contributed by atoms with Gasteiger partial charge in [0.2, 0.25) is 0 Å². The molecule has 0 saturated heterocycles. The molecule has 1 aliphatic carbocycles. The molecule has 0 unspecified atom stereocenters. The summed E-state index contributed by atoms with van der Waals surface area (Å²) < 4.78 is 3.68. The summed E-state index contributed by atoms with van der Waals surface area (Å²) in [5.74, 6) is -0.784. The molecule has 2 aromatic carbocycles. The number of amides is 2. The molecular weight excluding hydrogens is 694 g/mol. The van der Waals surface area contributed by atoms with Crippen molar-refractivity contribution in [3.8, 4) is 17.2 Å². The number of hydrogen-bond donors (Lipinski definition) is 3. The van der Waals surface area contributed by atoms with Gasteiger partial charge >= 0.3 is 5.97 Å². The number of anilines is 2. The van der Waals surface area contributed by atoms with Crippen molar-refractivity contribution in [2.45, 2.75) is 65.0 Å². The van der Waals surface area contributed by atoms with Gasteiger partial charge in [0.1, 0.15) is 6.07 Å². The second kappa shape index (κ2) is 16.3. The van der Waals surface area contributed by atoms with Gasteiger partial charge in [-0.2, -0.15) is 5.26 Å². The van der Waals surface area contributed by atoms with E-state index < -0.39 is 11.9 Å². The van der Waals surface area contributed by atoms with E-state index in [1.54, 1.807) is 36.4 Å². The lowest BCUT2D eigenvalue weighted by atomic mass is 9.90. The van der Waals surface area contributed by atoms with Gasteiger partial charge in [-0.3, -0.25) is 19.3 Å². The van der Waals surface area contributed by atoms with Crippen molar-refractivity contribution >= 4 is 40.8 Å². The van der Waals surface area contributed by atoms with Crippen molar-refractivity contribution in [2.75, 3.05) is 37.3 Å². The second-order valence-electron chi connectivity index (χ2n) is 14.0. The first-order chi connectivity index (χ1) is 25.5. The van der Waals surface area contributed by atoms with Gasteiger partial charge in [0.25, 0.3) is 11.8 Å². The van der Waals surface area contributed by atoms with Crippen LogP contribution in [0.1, 0.15) is 88.6 Å². The number of benzene rings is 2. The van der Waals surface area contributed by atoms with Crippen LogP contribution >= 0.6 is 11.6 Å². The van der Waals surface area contributed by atoms with Crippen LogP contribution in [0.15, 0.2) is 36.4 Å². The van der Waals surface area contributed by atoms with E-state index in [9.17, 15) is 19.6 Å². The van der Waals surface area contributed by atoms with Crippen LogP contribution in [0.5, 0.6) is 0 Å². The van der Waals surface area contributed by atoms with Crippen LogP contribution < -0.4 is 10.6 Å². The maximum atomic E-state index is 13.4. The highest BCUT2D eigenvalue weighted by atomic mass is 35.5. The number of imidazole rings is 2. The van der Waals surface area contributed by atoms with Crippen LogP contribution in [0.25, 0.3) is 11.1 Å². The van der Waals surface area contributed by atoms with E-state index in [2.05, 4.69) is 43.4 Å². The molecule has 278 valence electrons. The number of carbonyl (C=O) groups excluding carboxylic acids is 2. The van der Waals surface area contributed by atoms with Crippen molar-refractivity contribution in [3.63, 3.8) is 0 Å². The molecule has 7 rings (SSSR count). The molecule has 0 radical (unpaired) electrons. The van der Waals surface area contributed by atoms with E-state index >= 15 is 0 Å². The third-order valence-electron chi connectivity index (χ3n) is 10.6. The van der Waals surface area contributed by atoms with Crippen molar-refractivity contribution in [2.24, 2.45) is 20.0 Å². The van der Waals surface area contributed by atoms with Crippen LogP contribution in [-0.4, -0.2) is 78.5 Å². The smallest absolute Gasteiger partial charge is 0.306 e. The van der Waals surface area contributed by atoms with E-state index in [1.165, 1.54) is 6.42 Å². The number of carbonyl (C=O) groups is 3. The average molecular weight is 740 g/mol. The lowest BCUT2D eigenvalue weighted by Gasteiger charge is -2.24. The molecule has 2 aromatic heterocycles. The summed E-state index contributed by atoms with van der Waals surface area (Å²) in [7, 11) is 5.73. The molecule has 14 heteroatoms. The normalized spacial score (nSPS) is 16.1. The molecular formula is C39H46ClN9O4. The van der Waals surface area contributed by atoms with Crippen molar-refractivity contribution < 1.29 is 19.5 Å². The average Bonchev–Trinajstić information content (AvgIpc) is 3.67. The third kappa shape index (κ3) is 8.00. The molecule has 3 N–H and O–H groups in total. The number of likely N-dealkylation sites (N-methyl/N-ethyl adjacent to an activating group) is 2. The van der Waals surface area contributed by atoms with Gasteiger partial charge < -0.3 is 29.8 Å². The van der Waals surface area contributed by atoms with Crippen molar-refractivity contribution in [3.05, 3.63) is 81.4 Å². The first-order valence-corrected chi connectivity index (χ1v) is 18.6. The van der Waals surface area contributed by atoms with Gasteiger partial charge in [0.05, 0.1) is 39.3 Å². The Labute approximate surface area is 314 Å². The zero-order chi connectivity index (χ0) is 37.8. The fourth-order valence-corrected chi connectivity index (χ4v) is 7.74. The van der Waals surface area contributed by atoms with Crippen LogP contribution in [0.4, 0.5) is 11.4 Å². The molecule has 3 aliphatic rings. The number of hydrogen-bond acceptors (Lipinski definition) is 8. The van der Waals surface area contributed by atoms with Gasteiger partial charge in [-0.15, -0.1) is 0 Å².